The molecule has 0 aliphatic heterocycles. The van der Waals surface area contributed by atoms with Gasteiger partial charge in [-0.2, -0.15) is 0 Å². The average molecular weight is 333 g/mol. The predicted molar refractivity (Wildman–Crippen MR) is 81.3 cm³/mol. The first-order chi connectivity index (χ1) is 9.63. The van der Waals surface area contributed by atoms with Gasteiger partial charge in [0.05, 0.1) is 11.2 Å². The lowest BCUT2D eigenvalue weighted by atomic mass is 10.2. The van der Waals surface area contributed by atoms with E-state index in [1.807, 2.05) is 0 Å². The maximum atomic E-state index is 13.8. The van der Waals surface area contributed by atoms with Gasteiger partial charge in [-0.3, -0.25) is 0 Å². The molecule has 3 N–H and O–H groups in total. The van der Waals surface area contributed by atoms with E-state index >= 15 is 0 Å². The van der Waals surface area contributed by atoms with Crippen molar-refractivity contribution in [1.82, 2.24) is 9.97 Å². The molecule has 20 heavy (non-hydrogen) atoms. The molecule has 0 saturated heterocycles. The molecule has 0 unspecified atom stereocenters. The normalized spacial score (nSPS) is 10.7. The number of halogens is 2. The van der Waals surface area contributed by atoms with E-state index < -0.39 is 0 Å². The number of anilines is 3. The van der Waals surface area contributed by atoms with Crippen molar-refractivity contribution in [3.05, 3.63) is 53.0 Å². The summed E-state index contributed by atoms with van der Waals surface area (Å²) in [4.78, 5) is 8.31. The molecule has 1 aromatic heterocycles. The molecule has 0 fully saturated rings. The Hall–Kier alpha value is -2.21. The Bertz CT molecular complexity index is 791. The molecule has 6 heteroatoms. The lowest BCUT2D eigenvalue weighted by molar-refractivity contribution is 0.631. The third-order valence-electron chi connectivity index (χ3n) is 2.84. The van der Waals surface area contributed by atoms with Crippen LogP contribution in [0.1, 0.15) is 0 Å². The van der Waals surface area contributed by atoms with Crippen molar-refractivity contribution in [3.63, 3.8) is 0 Å². The molecule has 0 saturated carbocycles. The molecular formula is C14H10BrFN4. The molecule has 0 spiro atoms. The van der Waals surface area contributed by atoms with Gasteiger partial charge in [-0.25, -0.2) is 14.4 Å². The Labute approximate surface area is 123 Å². The molecule has 0 aliphatic rings. The van der Waals surface area contributed by atoms with E-state index in [4.69, 9.17) is 5.73 Å². The molecule has 0 radical (unpaired) electrons. The monoisotopic (exact) mass is 332 g/mol. The summed E-state index contributed by atoms with van der Waals surface area (Å²) in [6, 6.07) is 9.98. The van der Waals surface area contributed by atoms with Crippen LogP contribution < -0.4 is 11.1 Å². The summed E-state index contributed by atoms with van der Waals surface area (Å²) in [5.41, 5.74) is 7.45. The zero-order valence-corrected chi connectivity index (χ0v) is 11.9. The Morgan fingerprint density at radius 3 is 2.80 bits per heavy atom. The zero-order valence-electron chi connectivity index (χ0n) is 10.3. The van der Waals surface area contributed by atoms with Crippen LogP contribution in [0.3, 0.4) is 0 Å². The van der Waals surface area contributed by atoms with Gasteiger partial charge < -0.3 is 11.1 Å². The minimum atomic E-state index is -0.358. The van der Waals surface area contributed by atoms with Crippen LogP contribution in [-0.2, 0) is 0 Å². The SMILES string of the molecule is Nc1ccc2ncnc(Nc3cc(Br)ccc3F)c2c1. The second-order valence-electron chi connectivity index (χ2n) is 4.25. The highest BCUT2D eigenvalue weighted by molar-refractivity contribution is 9.10. The molecular weight excluding hydrogens is 323 g/mol. The van der Waals surface area contributed by atoms with Gasteiger partial charge in [-0.1, -0.05) is 15.9 Å². The number of nitrogens with two attached hydrogens (primary N) is 1. The van der Waals surface area contributed by atoms with Crippen LogP contribution in [0.25, 0.3) is 10.9 Å². The van der Waals surface area contributed by atoms with E-state index in [9.17, 15) is 4.39 Å². The van der Waals surface area contributed by atoms with E-state index in [0.717, 1.165) is 15.4 Å². The molecule has 0 atom stereocenters. The number of fused-ring (bicyclic) bond motifs is 1. The average Bonchev–Trinajstić information content (AvgIpc) is 2.43. The number of nitrogen functional groups attached to an aromatic ring is 1. The number of rotatable bonds is 2. The Balaban J connectivity index is 2.10. The summed E-state index contributed by atoms with van der Waals surface area (Å²) in [5.74, 6) is 0.156. The standard InChI is InChI=1S/C14H10BrFN4/c15-8-1-3-11(16)13(5-8)20-14-10-6-9(17)2-4-12(10)18-7-19-14/h1-7H,17H2,(H,18,19,20). The smallest absolute Gasteiger partial charge is 0.146 e. The van der Waals surface area contributed by atoms with Gasteiger partial charge in [0, 0.05) is 15.5 Å². The van der Waals surface area contributed by atoms with Crippen LogP contribution in [0.15, 0.2) is 47.2 Å². The van der Waals surface area contributed by atoms with Crippen LogP contribution in [0.5, 0.6) is 0 Å². The van der Waals surface area contributed by atoms with Crippen LogP contribution >= 0.6 is 15.9 Å². The minimum absolute atomic E-state index is 0.335. The second kappa shape index (κ2) is 5.05. The van der Waals surface area contributed by atoms with Crippen LogP contribution in [0, 0.1) is 5.82 Å². The Kier molecular flexibility index (Phi) is 3.23. The molecule has 1 heterocycles. The quantitative estimate of drug-likeness (QED) is 0.699. The van der Waals surface area contributed by atoms with Gasteiger partial charge in [0.25, 0.3) is 0 Å². The van der Waals surface area contributed by atoms with E-state index in [1.54, 1.807) is 30.3 Å². The van der Waals surface area contributed by atoms with Crippen molar-refractivity contribution < 1.29 is 4.39 Å². The fourth-order valence-corrected chi connectivity index (χ4v) is 2.26. The summed E-state index contributed by atoms with van der Waals surface area (Å²) < 4.78 is 14.6. The number of nitrogens with zero attached hydrogens (tertiary/aromatic N) is 2. The first kappa shape index (κ1) is 12.8. The number of hydrogen-bond donors (Lipinski definition) is 2. The number of aromatic nitrogens is 2. The summed E-state index contributed by atoms with van der Waals surface area (Å²) in [7, 11) is 0. The van der Waals surface area contributed by atoms with Crippen molar-refractivity contribution in [2.24, 2.45) is 0 Å². The molecule has 3 rings (SSSR count). The molecule has 0 amide bonds. The number of nitrogens with one attached hydrogen (secondary N) is 1. The van der Waals surface area contributed by atoms with Crippen molar-refractivity contribution in [1.29, 1.82) is 0 Å². The van der Waals surface area contributed by atoms with Gasteiger partial charge in [0.1, 0.15) is 18.0 Å². The van der Waals surface area contributed by atoms with Crippen LogP contribution in [0.4, 0.5) is 21.6 Å². The first-order valence-electron chi connectivity index (χ1n) is 5.86. The molecule has 0 bridgehead atoms. The highest BCUT2D eigenvalue weighted by Crippen LogP contribution is 2.27. The van der Waals surface area contributed by atoms with Gasteiger partial charge in [-0.15, -0.1) is 0 Å². The van der Waals surface area contributed by atoms with Gasteiger partial charge in [-0.05, 0) is 36.4 Å². The third-order valence-corrected chi connectivity index (χ3v) is 3.33. The number of benzene rings is 2. The first-order valence-corrected chi connectivity index (χ1v) is 6.65. The Morgan fingerprint density at radius 1 is 1.10 bits per heavy atom. The molecule has 0 aliphatic carbocycles. The maximum Gasteiger partial charge on any atom is 0.146 e. The predicted octanol–water partition coefficient (Wildman–Crippen LogP) is 3.86. The van der Waals surface area contributed by atoms with Crippen molar-refractivity contribution in [3.8, 4) is 0 Å². The maximum absolute atomic E-state index is 13.8. The Morgan fingerprint density at radius 2 is 1.95 bits per heavy atom. The summed E-state index contributed by atoms with van der Waals surface area (Å²) in [6.07, 6.45) is 1.43. The van der Waals surface area contributed by atoms with Gasteiger partial charge in [0.15, 0.2) is 0 Å². The summed E-state index contributed by atoms with van der Waals surface area (Å²) in [6.45, 7) is 0. The second-order valence-corrected chi connectivity index (χ2v) is 5.16. The van der Waals surface area contributed by atoms with E-state index in [0.29, 0.717) is 17.2 Å². The highest BCUT2D eigenvalue weighted by Gasteiger charge is 2.08. The van der Waals surface area contributed by atoms with Gasteiger partial charge in [0.2, 0.25) is 0 Å². The van der Waals surface area contributed by atoms with E-state index in [2.05, 4.69) is 31.2 Å². The van der Waals surface area contributed by atoms with Crippen molar-refractivity contribution in [2.45, 2.75) is 0 Å². The molecule has 4 nitrogen and oxygen atoms in total. The molecule has 3 aromatic rings. The summed E-state index contributed by atoms with van der Waals surface area (Å²) in [5, 5.41) is 3.71. The highest BCUT2D eigenvalue weighted by atomic mass is 79.9. The van der Waals surface area contributed by atoms with Crippen LogP contribution in [0.2, 0.25) is 0 Å². The lowest BCUT2D eigenvalue weighted by Crippen LogP contribution is -1.98. The minimum Gasteiger partial charge on any atom is -0.399 e. The van der Waals surface area contributed by atoms with E-state index in [-0.39, 0.29) is 5.82 Å². The number of hydrogen-bond acceptors (Lipinski definition) is 4. The largest absolute Gasteiger partial charge is 0.399 e. The lowest BCUT2D eigenvalue weighted by Gasteiger charge is -2.10. The van der Waals surface area contributed by atoms with Crippen LogP contribution in [-0.4, -0.2) is 9.97 Å². The van der Waals surface area contributed by atoms with E-state index in [1.165, 1.54) is 12.4 Å². The zero-order chi connectivity index (χ0) is 14.1. The summed E-state index contributed by atoms with van der Waals surface area (Å²) >= 11 is 3.31. The molecule has 2 aromatic carbocycles. The fourth-order valence-electron chi connectivity index (χ4n) is 1.89. The van der Waals surface area contributed by atoms with Gasteiger partial charge >= 0.3 is 0 Å². The fraction of sp³-hybridized carbons (Fsp3) is 0. The third kappa shape index (κ3) is 2.42. The van der Waals surface area contributed by atoms with Crippen molar-refractivity contribution >= 4 is 44.0 Å². The topological polar surface area (TPSA) is 63.8 Å². The van der Waals surface area contributed by atoms with Crippen molar-refractivity contribution in [2.75, 3.05) is 11.1 Å². The molecule has 100 valence electrons.